The number of anilines is 2. The number of halogens is 2. The third kappa shape index (κ3) is 4.77. The molecule has 0 aliphatic heterocycles. The topological polar surface area (TPSA) is 58.4 Å². The highest BCUT2D eigenvalue weighted by atomic mass is 35.5. The molecule has 1 fully saturated rings. The lowest BCUT2D eigenvalue weighted by atomic mass is 10.2. The van der Waals surface area contributed by atoms with Crippen LogP contribution in [0.2, 0.25) is 10.0 Å². The van der Waals surface area contributed by atoms with E-state index in [4.69, 9.17) is 28.9 Å². The number of nitrogens with zero attached hydrogens (tertiary/aromatic N) is 1. The number of hydrogen-bond acceptors (Lipinski definition) is 3. The van der Waals surface area contributed by atoms with Crippen molar-refractivity contribution in [3.8, 4) is 0 Å². The molecular weight excluding hydrogens is 309 g/mol. The monoisotopic (exact) mass is 329 g/mol. The fourth-order valence-electron chi connectivity index (χ4n) is 2.18. The number of hydrogen-bond donors (Lipinski definition) is 2. The summed E-state index contributed by atoms with van der Waals surface area (Å²) in [6, 6.07) is 3.47. The normalized spacial score (nSPS) is 14.8. The number of carbonyl (C=O) groups is 1. The Morgan fingerprint density at radius 2 is 2.10 bits per heavy atom. The van der Waals surface area contributed by atoms with Gasteiger partial charge < -0.3 is 11.1 Å². The highest BCUT2D eigenvalue weighted by Gasteiger charge is 2.26. The Morgan fingerprint density at radius 3 is 2.62 bits per heavy atom. The van der Waals surface area contributed by atoms with Gasteiger partial charge >= 0.3 is 0 Å². The molecule has 1 saturated carbocycles. The Balaban J connectivity index is 2.00. The average Bonchev–Trinajstić information content (AvgIpc) is 3.16. The van der Waals surface area contributed by atoms with Gasteiger partial charge in [0.15, 0.2) is 0 Å². The van der Waals surface area contributed by atoms with Crippen molar-refractivity contribution in [1.29, 1.82) is 0 Å². The van der Waals surface area contributed by atoms with E-state index in [2.05, 4.69) is 24.1 Å². The molecule has 1 amide bonds. The van der Waals surface area contributed by atoms with E-state index in [1.54, 1.807) is 12.1 Å². The Kier molecular flexibility index (Phi) is 5.36. The maximum absolute atomic E-state index is 12.2. The number of amides is 1. The van der Waals surface area contributed by atoms with Crippen LogP contribution in [0.4, 0.5) is 11.4 Å². The summed E-state index contributed by atoms with van der Waals surface area (Å²) in [6.07, 6.45) is 2.53. The molecule has 1 aromatic rings. The molecule has 0 radical (unpaired) electrons. The van der Waals surface area contributed by atoms with Crippen molar-refractivity contribution in [2.45, 2.75) is 32.7 Å². The molecule has 0 atom stereocenters. The average molecular weight is 330 g/mol. The summed E-state index contributed by atoms with van der Waals surface area (Å²) in [6.45, 7) is 5.50. The molecule has 0 aromatic heterocycles. The first-order chi connectivity index (χ1) is 9.86. The van der Waals surface area contributed by atoms with Crippen LogP contribution in [0.25, 0.3) is 0 Å². The summed E-state index contributed by atoms with van der Waals surface area (Å²) < 4.78 is 0. The lowest BCUT2D eigenvalue weighted by Crippen LogP contribution is -2.39. The number of nitrogen functional groups attached to an aromatic ring is 1. The van der Waals surface area contributed by atoms with Crippen LogP contribution >= 0.6 is 23.2 Å². The zero-order valence-corrected chi connectivity index (χ0v) is 13.8. The summed E-state index contributed by atoms with van der Waals surface area (Å²) >= 11 is 11.9. The minimum absolute atomic E-state index is 0.111. The van der Waals surface area contributed by atoms with Crippen molar-refractivity contribution in [1.82, 2.24) is 4.90 Å². The minimum atomic E-state index is -0.111. The van der Waals surface area contributed by atoms with Crippen LogP contribution in [0.1, 0.15) is 26.7 Å². The number of nitrogens with one attached hydrogen (secondary N) is 1. The lowest BCUT2D eigenvalue weighted by Gasteiger charge is -2.26. The lowest BCUT2D eigenvalue weighted by molar-refractivity contribution is -0.117. The summed E-state index contributed by atoms with van der Waals surface area (Å²) in [4.78, 5) is 14.4. The molecule has 0 heterocycles. The Bertz CT molecular complexity index is 507. The Labute approximate surface area is 135 Å². The predicted molar refractivity (Wildman–Crippen MR) is 88.9 cm³/mol. The van der Waals surface area contributed by atoms with E-state index in [0.29, 0.717) is 34.0 Å². The summed E-state index contributed by atoms with van der Waals surface area (Å²) in [5.41, 5.74) is 6.66. The second kappa shape index (κ2) is 6.86. The molecule has 6 heteroatoms. The van der Waals surface area contributed by atoms with Crippen molar-refractivity contribution in [3.05, 3.63) is 22.2 Å². The first kappa shape index (κ1) is 16.4. The molecule has 3 N–H and O–H groups in total. The zero-order chi connectivity index (χ0) is 15.6. The predicted octanol–water partition coefficient (Wildman–Crippen LogP) is 3.63. The van der Waals surface area contributed by atoms with E-state index in [0.717, 1.165) is 12.5 Å². The van der Waals surface area contributed by atoms with Gasteiger partial charge in [0.25, 0.3) is 0 Å². The van der Waals surface area contributed by atoms with E-state index in [1.807, 2.05) is 0 Å². The van der Waals surface area contributed by atoms with Gasteiger partial charge in [0.1, 0.15) is 0 Å². The van der Waals surface area contributed by atoms with Crippen molar-refractivity contribution >= 4 is 40.5 Å². The van der Waals surface area contributed by atoms with Crippen LogP contribution in [-0.4, -0.2) is 29.9 Å². The van der Waals surface area contributed by atoms with Gasteiger partial charge in [-0.25, -0.2) is 0 Å². The summed E-state index contributed by atoms with van der Waals surface area (Å²) in [7, 11) is 0. The molecule has 0 saturated heterocycles. The summed E-state index contributed by atoms with van der Waals surface area (Å²) in [5.74, 6) is 0.629. The third-order valence-electron chi connectivity index (χ3n) is 3.62. The van der Waals surface area contributed by atoms with Gasteiger partial charge in [-0.1, -0.05) is 23.2 Å². The van der Waals surface area contributed by atoms with E-state index < -0.39 is 0 Å². The maximum atomic E-state index is 12.2. The van der Waals surface area contributed by atoms with Gasteiger partial charge in [-0.05, 0) is 44.7 Å². The Morgan fingerprint density at radius 1 is 1.43 bits per heavy atom. The largest absolute Gasteiger partial charge is 0.397 e. The van der Waals surface area contributed by atoms with Gasteiger partial charge in [0.2, 0.25) is 5.91 Å². The molecule has 21 heavy (non-hydrogen) atoms. The molecule has 2 rings (SSSR count). The summed E-state index contributed by atoms with van der Waals surface area (Å²) in [5, 5.41) is 3.59. The first-order valence-corrected chi connectivity index (χ1v) is 7.91. The second-order valence-corrected chi connectivity index (χ2v) is 6.71. The second-order valence-electron chi connectivity index (χ2n) is 5.87. The van der Waals surface area contributed by atoms with E-state index in [1.165, 1.54) is 12.8 Å². The first-order valence-electron chi connectivity index (χ1n) is 7.15. The van der Waals surface area contributed by atoms with Crippen LogP contribution in [0.5, 0.6) is 0 Å². The van der Waals surface area contributed by atoms with Crippen LogP contribution < -0.4 is 11.1 Å². The van der Waals surface area contributed by atoms with Crippen molar-refractivity contribution < 1.29 is 4.79 Å². The molecular formula is C15H21Cl2N3O. The SMILES string of the molecule is CC(C)N(CC(=O)Nc1c(N)cc(Cl)cc1Cl)CC1CC1. The quantitative estimate of drug-likeness (QED) is 0.783. The van der Waals surface area contributed by atoms with Crippen LogP contribution in [0, 0.1) is 5.92 Å². The molecule has 0 spiro atoms. The molecule has 4 nitrogen and oxygen atoms in total. The van der Waals surface area contributed by atoms with E-state index in [-0.39, 0.29) is 5.91 Å². The highest BCUT2D eigenvalue weighted by Crippen LogP contribution is 2.32. The van der Waals surface area contributed by atoms with Crippen LogP contribution in [0.15, 0.2) is 12.1 Å². The van der Waals surface area contributed by atoms with Gasteiger partial charge in [-0.3, -0.25) is 9.69 Å². The standard InChI is InChI=1S/C15H21Cl2N3O/c1-9(2)20(7-10-3-4-10)8-14(21)19-15-12(17)5-11(16)6-13(15)18/h5-6,9-10H,3-4,7-8,18H2,1-2H3,(H,19,21). The van der Waals surface area contributed by atoms with Crippen LogP contribution in [0.3, 0.4) is 0 Å². The fraction of sp³-hybridized carbons (Fsp3) is 0.533. The van der Waals surface area contributed by atoms with Crippen molar-refractivity contribution in [2.75, 3.05) is 24.1 Å². The van der Waals surface area contributed by atoms with E-state index >= 15 is 0 Å². The molecule has 1 aliphatic rings. The number of nitrogens with two attached hydrogens (primary N) is 1. The van der Waals surface area contributed by atoms with Gasteiger partial charge in [-0.15, -0.1) is 0 Å². The number of carbonyl (C=O) groups excluding carboxylic acids is 1. The van der Waals surface area contributed by atoms with Crippen LogP contribution in [-0.2, 0) is 4.79 Å². The van der Waals surface area contributed by atoms with E-state index in [9.17, 15) is 4.79 Å². The molecule has 116 valence electrons. The van der Waals surface area contributed by atoms with Crippen molar-refractivity contribution in [2.24, 2.45) is 5.92 Å². The minimum Gasteiger partial charge on any atom is -0.397 e. The maximum Gasteiger partial charge on any atom is 0.238 e. The number of rotatable bonds is 6. The molecule has 0 unspecified atom stereocenters. The van der Waals surface area contributed by atoms with Gasteiger partial charge in [0, 0.05) is 17.6 Å². The smallest absolute Gasteiger partial charge is 0.238 e. The van der Waals surface area contributed by atoms with Crippen molar-refractivity contribution in [3.63, 3.8) is 0 Å². The number of benzene rings is 1. The molecule has 1 aromatic carbocycles. The molecule has 0 bridgehead atoms. The third-order valence-corrected chi connectivity index (χ3v) is 4.13. The Hall–Kier alpha value is -0.970. The van der Waals surface area contributed by atoms with Gasteiger partial charge in [0.05, 0.1) is 22.9 Å². The van der Waals surface area contributed by atoms with Gasteiger partial charge in [-0.2, -0.15) is 0 Å². The molecule has 1 aliphatic carbocycles. The fourth-order valence-corrected chi connectivity index (χ4v) is 2.74. The zero-order valence-electron chi connectivity index (χ0n) is 12.3. The highest BCUT2D eigenvalue weighted by molar-refractivity contribution is 6.37.